The first-order chi connectivity index (χ1) is 19.1. The number of ether oxygens (including phenoxy) is 2. The van der Waals surface area contributed by atoms with Crippen LogP contribution in [0.2, 0.25) is 0 Å². The van der Waals surface area contributed by atoms with E-state index in [1.54, 1.807) is 42.5 Å². The van der Waals surface area contributed by atoms with Crippen LogP contribution in [0.25, 0.3) is 6.08 Å². The predicted molar refractivity (Wildman–Crippen MR) is 152 cm³/mol. The molecule has 11 heteroatoms. The maximum atomic E-state index is 13.0. The lowest BCUT2D eigenvalue weighted by molar-refractivity contribution is -0.384. The fraction of sp³-hybridized carbons (Fsp3) is 0.207. The molecule has 206 valence electrons. The Morgan fingerprint density at radius 2 is 1.82 bits per heavy atom. The summed E-state index contributed by atoms with van der Waals surface area (Å²) in [6.45, 7) is 5.74. The van der Waals surface area contributed by atoms with E-state index in [-0.39, 0.29) is 17.2 Å². The van der Waals surface area contributed by atoms with Crippen LogP contribution in [0.4, 0.5) is 16.2 Å². The summed E-state index contributed by atoms with van der Waals surface area (Å²) >= 11 is 0.755. The van der Waals surface area contributed by atoms with Gasteiger partial charge in [0.05, 0.1) is 16.4 Å². The number of aryl methyl sites for hydroxylation is 2. The summed E-state index contributed by atoms with van der Waals surface area (Å²) in [5.74, 6) is -0.208. The monoisotopic (exact) mass is 561 g/mol. The van der Waals surface area contributed by atoms with Crippen molar-refractivity contribution in [1.82, 2.24) is 4.90 Å². The molecule has 1 heterocycles. The van der Waals surface area contributed by atoms with Gasteiger partial charge >= 0.3 is 0 Å². The largest absolute Gasteiger partial charge is 0.490 e. The Labute approximate surface area is 235 Å². The smallest absolute Gasteiger partial charge is 0.294 e. The van der Waals surface area contributed by atoms with E-state index in [1.807, 2.05) is 32.9 Å². The highest BCUT2D eigenvalue weighted by molar-refractivity contribution is 8.18. The Kier molecular flexibility index (Phi) is 8.85. The Morgan fingerprint density at radius 3 is 2.55 bits per heavy atom. The van der Waals surface area contributed by atoms with Gasteiger partial charge in [0, 0.05) is 17.8 Å². The topological polar surface area (TPSA) is 128 Å². The highest BCUT2D eigenvalue weighted by atomic mass is 32.2. The molecule has 1 aliphatic rings. The number of non-ortho nitro benzene ring substituents is 1. The molecule has 40 heavy (non-hydrogen) atoms. The van der Waals surface area contributed by atoms with Gasteiger partial charge in [-0.05, 0) is 85.1 Å². The molecule has 0 radical (unpaired) electrons. The zero-order valence-corrected chi connectivity index (χ0v) is 22.9. The van der Waals surface area contributed by atoms with Gasteiger partial charge < -0.3 is 14.8 Å². The van der Waals surface area contributed by atoms with Gasteiger partial charge in [-0.1, -0.05) is 24.3 Å². The number of carbonyl (C=O) groups excluding carboxylic acids is 3. The quantitative estimate of drug-likeness (QED) is 0.185. The summed E-state index contributed by atoms with van der Waals surface area (Å²) in [5, 5.41) is 13.2. The van der Waals surface area contributed by atoms with Gasteiger partial charge in [-0.25, -0.2) is 0 Å². The number of hydrogen-bond donors (Lipinski definition) is 1. The number of anilines is 1. The first-order valence-electron chi connectivity index (χ1n) is 12.4. The SMILES string of the molecule is CCOc1cc(/C=C2/SC(=O)N(CC(=O)Nc3ccc(C)c(C)c3)C2=O)ccc1OCc1cccc([N+](=O)[O-])c1. The molecule has 3 amide bonds. The van der Waals surface area contributed by atoms with Gasteiger partial charge in [-0.3, -0.25) is 29.4 Å². The number of imide groups is 1. The standard InChI is InChI=1S/C29H27N3O7S/c1-4-38-25-14-20(9-11-24(25)39-17-21-6-5-7-23(13-21)32(36)37)15-26-28(34)31(29(35)40-26)16-27(33)30-22-10-8-18(2)19(3)12-22/h5-15H,4,16-17H2,1-3H3,(H,30,33)/b26-15+. The number of thioether (sulfide) groups is 1. The third-order valence-electron chi connectivity index (χ3n) is 6.05. The average molecular weight is 562 g/mol. The summed E-state index contributed by atoms with van der Waals surface area (Å²) in [7, 11) is 0. The van der Waals surface area contributed by atoms with Gasteiger partial charge in [0.1, 0.15) is 13.2 Å². The predicted octanol–water partition coefficient (Wildman–Crippen LogP) is 5.86. The van der Waals surface area contributed by atoms with E-state index in [4.69, 9.17) is 9.47 Å². The van der Waals surface area contributed by atoms with Crippen molar-refractivity contribution in [2.45, 2.75) is 27.4 Å². The minimum Gasteiger partial charge on any atom is -0.490 e. The van der Waals surface area contributed by atoms with Crippen LogP contribution in [0.1, 0.15) is 29.2 Å². The van der Waals surface area contributed by atoms with Crippen molar-refractivity contribution in [3.63, 3.8) is 0 Å². The second-order valence-electron chi connectivity index (χ2n) is 8.97. The number of nitro groups is 1. The molecule has 1 saturated heterocycles. The number of rotatable bonds is 10. The van der Waals surface area contributed by atoms with Crippen molar-refractivity contribution in [3.05, 3.63) is 97.9 Å². The van der Waals surface area contributed by atoms with Gasteiger partial charge in [0.25, 0.3) is 16.8 Å². The number of nitrogens with one attached hydrogen (secondary N) is 1. The van der Waals surface area contributed by atoms with E-state index < -0.39 is 28.5 Å². The Balaban J connectivity index is 1.44. The second-order valence-corrected chi connectivity index (χ2v) is 9.96. The summed E-state index contributed by atoms with van der Waals surface area (Å²) in [4.78, 5) is 49.7. The van der Waals surface area contributed by atoms with Gasteiger partial charge in [-0.2, -0.15) is 0 Å². The molecule has 0 saturated carbocycles. The zero-order chi connectivity index (χ0) is 28.8. The van der Waals surface area contributed by atoms with Crippen LogP contribution < -0.4 is 14.8 Å². The molecule has 10 nitrogen and oxygen atoms in total. The van der Waals surface area contributed by atoms with E-state index >= 15 is 0 Å². The van der Waals surface area contributed by atoms with Crippen LogP contribution >= 0.6 is 11.8 Å². The maximum absolute atomic E-state index is 13.0. The summed E-state index contributed by atoms with van der Waals surface area (Å²) in [6.07, 6.45) is 1.55. The fourth-order valence-corrected chi connectivity index (χ4v) is 4.71. The van der Waals surface area contributed by atoms with Crippen molar-refractivity contribution in [3.8, 4) is 11.5 Å². The highest BCUT2D eigenvalue weighted by Gasteiger charge is 2.36. The normalized spacial score (nSPS) is 14.0. The van der Waals surface area contributed by atoms with Crippen LogP contribution in [-0.4, -0.2) is 40.0 Å². The van der Waals surface area contributed by atoms with E-state index in [0.717, 1.165) is 27.8 Å². The third kappa shape index (κ3) is 6.86. The zero-order valence-electron chi connectivity index (χ0n) is 22.1. The van der Waals surface area contributed by atoms with Gasteiger partial charge in [0.2, 0.25) is 5.91 Å². The molecule has 1 aliphatic heterocycles. The molecular weight excluding hydrogens is 534 g/mol. The lowest BCUT2D eigenvalue weighted by atomic mass is 10.1. The van der Waals surface area contributed by atoms with E-state index in [1.165, 1.54) is 12.1 Å². The molecule has 0 aromatic heterocycles. The molecular formula is C29H27N3O7S. The molecule has 0 unspecified atom stereocenters. The van der Waals surface area contributed by atoms with Crippen molar-refractivity contribution in [2.24, 2.45) is 0 Å². The molecule has 0 atom stereocenters. The minimum absolute atomic E-state index is 0.0295. The Hall–Kier alpha value is -4.64. The van der Waals surface area contributed by atoms with E-state index in [9.17, 15) is 24.5 Å². The highest BCUT2D eigenvalue weighted by Crippen LogP contribution is 2.35. The van der Waals surface area contributed by atoms with Crippen LogP contribution in [0.15, 0.2) is 65.6 Å². The van der Waals surface area contributed by atoms with E-state index in [0.29, 0.717) is 34.9 Å². The van der Waals surface area contributed by atoms with Crippen LogP contribution in [0, 0.1) is 24.0 Å². The average Bonchev–Trinajstić information content (AvgIpc) is 3.17. The fourth-order valence-electron chi connectivity index (χ4n) is 3.87. The second kappa shape index (κ2) is 12.5. The Bertz CT molecular complexity index is 1520. The number of nitrogens with zero attached hydrogens (tertiary/aromatic N) is 2. The van der Waals surface area contributed by atoms with E-state index in [2.05, 4.69) is 5.32 Å². The first-order valence-corrected chi connectivity index (χ1v) is 13.2. The molecule has 3 aromatic rings. The third-order valence-corrected chi connectivity index (χ3v) is 6.95. The van der Waals surface area contributed by atoms with Crippen LogP contribution in [0.3, 0.4) is 0 Å². The molecule has 0 bridgehead atoms. The maximum Gasteiger partial charge on any atom is 0.294 e. The van der Waals surface area contributed by atoms with Crippen LogP contribution in [0.5, 0.6) is 11.5 Å². The molecule has 1 N–H and O–H groups in total. The van der Waals surface area contributed by atoms with Gasteiger partial charge in [-0.15, -0.1) is 0 Å². The van der Waals surface area contributed by atoms with Crippen LogP contribution in [-0.2, 0) is 16.2 Å². The summed E-state index contributed by atoms with van der Waals surface area (Å²) in [5.41, 5.74) is 3.87. The van der Waals surface area contributed by atoms with Crippen molar-refractivity contribution in [2.75, 3.05) is 18.5 Å². The number of hydrogen-bond acceptors (Lipinski definition) is 8. The summed E-state index contributed by atoms with van der Waals surface area (Å²) < 4.78 is 11.6. The number of amides is 3. The molecule has 4 rings (SSSR count). The molecule has 0 aliphatic carbocycles. The van der Waals surface area contributed by atoms with Gasteiger partial charge in [0.15, 0.2) is 11.5 Å². The Morgan fingerprint density at radius 1 is 1.02 bits per heavy atom. The number of carbonyl (C=O) groups is 3. The number of benzene rings is 3. The van der Waals surface area contributed by atoms with Crippen molar-refractivity contribution >= 4 is 46.3 Å². The lowest BCUT2D eigenvalue weighted by Crippen LogP contribution is -2.36. The van der Waals surface area contributed by atoms with Crippen molar-refractivity contribution < 1.29 is 28.8 Å². The molecule has 3 aromatic carbocycles. The lowest BCUT2D eigenvalue weighted by Gasteiger charge is -2.13. The first kappa shape index (κ1) is 28.4. The molecule has 0 spiro atoms. The minimum atomic E-state index is -0.561. The molecule has 1 fully saturated rings. The van der Waals surface area contributed by atoms with Crippen molar-refractivity contribution in [1.29, 1.82) is 0 Å². The number of nitro benzene ring substituents is 1. The summed E-state index contributed by atoms with van der Waals surface area (Å²) in [6, 6.07) is 16.7.